The fraction of sp³-hybridized carbons (Fsp3) is 0.474. The number of aryl methyl sites for hydroxylation is 2. The number of H-pyrrole nitrogens is 1. The Bertz CT molecular complexity index is 778. The number of carboxylic acid groups (broad SMARTS) is 1. The van der Waals surface area contributed by atoms with Crippen LogP contribution in [-0.4, -0.2) is 40.0 Å². The summed E-state index contributed by atoms with van der Waals surface area (Å²) >= 11 is 0. The highest BCUT2D eigenvalue weighted by atomic mass is 16.4. The number of carboxylic acids is 1. The molecule has 2 heterocycles. The second kappa shape index (κ2) is 6.67. The van der Waals surface area contributed by atoms with E-state index in [1.165, 1.54) is 5.56 Å². The van der Waals surface area contributed by atoms with Crippen molar-refractivity contribution in [3.8, 4) is 0 Å². The number of hydrogen-bond donors (Lipinski definition) is 2. The number of likely N-dealkylation sites (tertiary alicyclic amines) is 1. The maximum Gasteiger partial charge on any atom is 0.303 e. The number of hydrogen-bond acceptors (Lipinski definition) is 2. The van der Waals surface area contributed by atoms with Crippen molar-refractivity contribution in [2.45, 2.75) is 39.5 Å². The average molecular weight is 328 g/mol. The first-order valence-corrected chi connectivity index (χ1v) is 8.56. The molecule has 0 saturated carbocycles. The third kappa shape index (κ3) is 3.16. The van der Waals surface area contributed by atoms with Crippen molar-refractivity contribution in [2.75, 3.05) is 13.1 Å². The fourth-order valence-electron chi connectivity index (χ4n) is 3.64. The van der Waals surface area contributed by atoms with E-state index in [1.54, 1.807) is 0 Å². The molecule has 0 aliphatic carbocycles. The van der Waals surface area contributed by atoms with E-state index in [-0.39, 0.29) is 18.2 Å². The van der Waals surface area contributed by atoms with Crippen LogP contribution in [0.15, 0.2) is 18.2 Å². The number of para-hydroxylation sites is 1. The molecule has 1 fully saturated rings. The van der Waals surface area contributed by atoms with Gasteiger partial charge in [-0.3, -0.25) is 9.59 Å². The Morgan fingerprint density at radius 3 is 2.88 bits per heavy atom. The number of rotatable bonds is 4. The largest absolute Gasteiger partial charge is 0.481 e. The molecule has 2 N–H and O–H groups in total. The van der Waals surface area contributed by atoms with E-state index in [0.29, 0.717) is 18.5 Å². The van der Waals surface area contributed by atoms with Crippen LogP contribution >= 0.6 is 0 Å². The number of aromatic nitrogens is 1. The molecule has 0 radical (unpaired) electrons. The molecule has 1 aromatic carbocycles. The van der Waals surface area contributed by atoms with Gasteiger partial charge in [0.05, 0.1) is 11.1 Å². The second-order valence-electron chi connectivity index (χ2n) is 6.79. The third-order valence-electron chi connectivity index (χ3n) is 5.15. The molecule has 0 spiro atoms. The summed E-state index contributed by atoms with van der Waals surface area (Å²) in [5.74, 6) is -0.437. The van der Waals surface area contributed by atoms with Gasteiger partial charge in [0, 0.05) is 30.6 Å². The molecular weight excluding hydrogens is 304 g/mol. The first-order valence-electron chi connectivity index (χ1n) is 8.56. The molecule has 5 heteroatoms. The minimum atomic E-state index is -0.763. The van der Waals surface area contributed by atoms with E-state index >= 15 is 0 Å². The maximum absolute atomic E-state index is 13.0. The zero-order valence-corrected chi connectivity index (χ0v) is 14.3. The summed E-state index contributed by atoms with van der Waals surface area (Å²) in [7, 11) is 0. The van der Waals surface area contributed by atoms with E-state index in [9.17, 15) is 9.59 Å². The first kappa shape index (κ1) is 16.6. The summed E-state index contributed by atoms with van der Waals surface area (Å²) in [6, 6.07) is 5.85. The molecule has 1 amide bonds. The summed E-state index contributed by atoms with van der Waals surface area (Å²) < 4.78 is 0. The highest BCUT2D eigenvalue weighted by molar-refractivity contribution is 6.06. The van der Waals surface area contributed by atoms with Crippen molar-refractivity contribution in [1.29, 1.82) is 0 Å². The van der Waals surface area contributed by atoms with Gasteiger partial charge in [-0.15, -0.1) is 0 Å². The Kier molecular flexibility index (Phi) is 4.60. The predicted octanol–water partition coefficient (Wildman–Crippen LogP) is 3.50. The second-order valence-corrected chi connectivity index (χ2v) is 6.79. The van der Waals surface area contributed by atoms with Crippen molar-refractivity contribution >= 4 is 22.8 Å². The van der Waals surface area contributed by atoms with Crippen LogP contribution in [0.4, 0.5) is 0 Å². The van der Waals surface area contributed by atoms with Gasteiger partial charge in [-0.05, 0) is 50.7 Å². The molecule has 128 valence electrons. The molecule has 0 bridgehead atoms. The lowest BCUT2D eigenvalue weighted by Crippen LogP contribution is -2.40. The van der Waals surface area contributed by atoms with Crippen LogP contribution in [-0.2, 0) is 4.79 Å². The van der Waals surface area contributed by atoms with Crippen LogP contribution in [0, 0.1) is 19.8 Å². The highest BCUT2D eigenvalue weighted by Gasteiger charge is 2.26. The summed E-state index contributed by atoms with van der Waals surface area (Å²) in [4.78, 5) is 29.0. The number of nitrogens with zero attached hydrogens (tertiary/aromatic N) is 1. The van der Waals surface area contributed by atoms with Crippen LogP contribution in [0.5, 0.6) is 0 Å². The van der Waals surface area contributed by atoms with Gasteiger partial charge < -0.3 is 15.0 Å². The van der Waals surface area contributed by atoms with Crippen molar-refractivity contribution < 1.29 is 14.7 Å². The van der Waals surface area contributed by atoms with Gasteiger partial charge in [0.2, 0.25) is 0 Å². The standard InChI is InChI=1S/C19H24N2O3/c1-12-13(2)20-18-15(12)6-3-7-16(18)19(24)21-10-4-5-14(11-21)8-9-17(22)23/h3,6-7,14,20H,4-5,8-11H2,1-2H3,(H,22,23). The SMILES string of the molecule is Cc1[nH]c2c(C(=O)N3CCCC(CCC(=O)O)C3)cccc2c1C. The van der Waals surface area contributed by atoms with Gasteiger partial charge in [-0.1, -0.05) is 12.1 Å². The molecule has 1 aromatic heterocycles. The molecule has 24 heavy (non-hydrogen) atoms. The number of nitrogens with one attached hydrogen (secondary N) is 1. The molecular formula is C19H24N2O3. The normalized spacial score (nSPS) is 18.1. The fourth-order valence-corrected chi connectivity index (χ4v) is 3.64. The van der Waals surface area contributed by atoms with E-state index in [4.69, 9.17) is 5.11 Å². The molecule has 3 rings (SSSR count). The first-order chi connectivity index (χ1) is 11.5. The lowest BCUT2D eigenvalue weighted by atomic mass is 9.93. The molecule has 1 saturated heterocycles. The third-order valence-corrected chi connectivity index (χ3v) is 5.15. The van der Waals surface area contributed by atoms with Crippen molar-refractivity contribution in [1.82, 2.24) is 9.88 Å². The Hall–Kier alpha value is -2.30. The number of piperidine rings is 1. The number of aromatic amines is 1. The van der Waals surface area contributed by atoms with Gasteiger partial charge in [-0.2, -0.15) is 0 Å². The topological polar surface area (TPSA) is 73.4 Å². The number of fused-ring (bicyclic) bond motifs is 1. The Morgan fingerprint density at radius 1 is 1.33 bits per heavy atom. The van der Waals surface area contributed by atoms with Crippen LogP contribution in [0.25, 0.3) is 10.9 Å². The summed E-state index contributed by atoms with van der Waals surface area (Å²) in [6.07, 6.45) is 2.76. The van der Waals surface area contributed by atoms with Crippen LogP contribution < -0.4 is 0 Å². The average Bonchev–Trinajstić information content (AvgIpc) is 2.87. The lowest BCUT2D eigenvalue weighted by molar-refractivity contribution is -0.137. The van der Waals surface area contributed by atoms with Crippen LogP contribution in [0.2, 0.25) is 0 Å². The minimum absolute atomic E-state index is 0.0434. The number of amides is 1. The van der Waals surface area contributed by atoms with E-state index in [1.807, 2.05) is 30.0 Å². The molecule has 1 aliphatic rings. The monoisotopic (exact) mass is 328 g/mol. The van der Waals surface area contributed by atoms with Gasteiger partial charge in [0.15, 0.2) is 0 Å². The Morgan fingerprint density at radius 2 is 2.12 bits per heavy atom. The van der Waals surface area contributed by atoms with Gasteiger partial charge in [0.25, 0.3) is 5.91 Å². The predicted molar refractivity (Wildman–Crippen MR) is 93.3 cm³/mol. The molecule has 1 atom stereocenters. The van der Waals surface area contributed by atoms with Gasteiger partial charge in [0.1, 0.15) is 0 Å². The van der Waals surface area contributed by atoms with Crippen LogP contribution in [0.1, 0.15) is 47.3 Å². The number of aliphatic carboxylic acids is 1. The van der Waals surface area contributed by atoms with Crippen molar-refractivity contribution in [3.05, 3.63) is 35.0 Å². The van der Waals surface area contributed by atoms with Gasteiger partial charge >= 0.3 is 5.97 Å². The summed E-state index contributed by atoms with van der Waals surface area (Å²) in [6.45, 7) is 5.48. The number of carbonyl (C=O) groups is 2. The molecule has 2 aromatic rings. The van der Waals surface area contributed by atoms with Gasteiger partial charge in [-0.25, -0.2) is 0 Å². The van der Waals surface area contributed by atoms with E-state index in [2.05, 4.69) is 11.9 Å². The number of benzene rings is 1. The summed E-state index contributed by atoms with van der Waals surface area (Å²) in [5.41, 5.74) is 3.88. The smallest absolute Gasteiger partial charge is 0.303 e. The lowest BCUT2D eigenvalue weighted by Gasteiger charge is -2.32. The van der Waals surface area contributed by atoms with E-state index in [0.717, 1.165) is 36.0 Å². The molecule has 1 unspecified atom stereocenters. The highest BCUT2D eigenvalue weighted by Crippen LogP contribution is 2.27. The zero-order valence-electron chi connectivity index (χ0n) is 14.3. The van der Waals surface area contributed by atoms with Crippen molar-refractivity contribution in [2.24, 2.45) is 5.92 Å². The Balaban J connectivity index is 1.81. The Labute approximate surface area is 141 Å². The van der Waals surface area contributed by atoms with E-state index < -0.39 is 5.97 Å². The zero-order chi connectivity index (χ0) is 17.3. The summed E-state index contributed by atoms with van der Waals surface area (Å²) in [5, 5.41) is 9.95. The number of carbonyl (C=O) groups excluding carboxylic acids is 1. The minimum Gasteiger partial charge on any atom is -0.481 e. The van der Waals surface area contributed by atoms with Crippen molar-refractivity contribution in [3.63, 3.8) is 0 Å². The molecule has 5 nitrogen and oxygen atoms in total. The maximum atomic E-state index is 13.0. The van der Waals surface area contributed by atoms with Crippen LogP contribution in [0.3, 0.4) is 0 Å². The quantitative estimate of drug-likeness (QED) is 0.902. The molecule has 1 aliphatic heterocycles.